The van der Waals surface area contributed by atoms with E-state index in [-0.39, 0.29) is 16.2 Å². The fourth-order valence-electron chi connectivity index (χ4n) is 2.86. The van der Waals surface area contributed by atoms with E-state index in [0.29, 0.717) is 22.8 Å². The second-order valence-electron chi connectivity index (χ2n) is 6.33. The predicted octanol–water partition coefficient (Wildman–Crippen LogP) is 3.92. The summed E-state index contributed by atoms with van der Waals surface area (Å²) in [6, 6.07) is 12.0. The number of halogens is 2. The summed E-state index contributed by atoms with van der Waals surface area (Å²) in [5.41, 5.74) is 2.17. The van der Waals surface area contributed by atoms with Gasteiger partial charge in [0.1, 0.15) is 22.3 Å². The predicted molar refractivity (Wildman–Crippen MR) is 113 cm³/mol. The van der Waals surface area contributed by atoms with Crippen LogP contribution in [-0.2, 0) is 0 Å². The highest BCUT2D eigenvalue weighted by atomic mass is 35.5. The van der Waals surface area contributed by atoms with Crippen LogP contribution in [0.15, 0.2) is 61.2 Å². The molecular formula is C20H15Cl2N7O. The number of aromatic nitrogens is 6. The van der Waals surface area contributed by atoms with Crippen molar-refractivity contribution in [2.24, 2.45) is 0 Å². The monoisotopic (exact) mass is 439 g/mol. The fourth-order valence-corrected chi connectivity index (χ4v) is 3.32. The molecule has 3 aromatic heterocycles. The van der Waals surface area contributed by atoms with Crippen molar-refractivity contribution < 1.29 is 4.79 Å². The smallest absolute Gasteiger partial charge is 0.252 e. The van der Waals surface area contributed by atoms with Gasteiger partial charge in [0.25, 0.3) is 5.91 Å². The molecule has 10 heteroatoms. The average molecular weight is 440 g/mol. The first-order valence-corrected chi connectivity index (χ1v) is 9.69. The van der Waals surface area contributed by atoms with Crippen LogP contribution < -0.4 is 5.32 Å². The molecule has 3 heterocycles. The highest BCUT2D eigenvalue weighted by molar-refractivity contribution is 6.33. The normalized spacial score (nSPS) is 11.8. The van der Waals surface area contributed by atoms with Gasteiger partial charge in [0.15, 0.2) is 0 Å². The Morgan fingerprint density at radius 1 is 1.03 bits per heavy atom. The molecular weight excluding hydrogens is 425 g/mol. The molecule has 1 unspecified atom stereocenters. The first-order valence-electron chi connectivity index (χ1n) is 8.93. The minimum atomic E-state index is -0.476. The summed E-state index contributed by atoms with van der Waals surface area (Å²) in [5.74, 6) is 0.0335. The highest BCUT2D eigenvalue weighted by Gasteiger charge is 2.20. The third-order valence-corrected chi connectivity index (χ3v) is 4.62. The molecule has 1 amide bonds. The molecule has 4 rings (SSSR count). The molecule has 0 spiro atoms. The summed E-state index contributed by atoms with van der Waals surface area (Å²) in [6.07, 6.45) is 4.71. The third-order valence-electron chi connectivity index (χ3n) is 4.23. The van der Waals surface area contributed by atoms with Crippen LogP contribution in [0.25, 0.3) is 17.2 Å². The largest absolute Gasteiger partial charge is 0.344 e. The topological polar surface area (TPSA) is 98.5 Å². The Balaban J connectivity index is 1.60. The second kappa shape index (κ2) is 8.56. The molecule has 1 aromatic carbocycles. The Labute approximate surface area is 182 Å². The lowest BCUT2D eigenvalue weighted by atomic mass is 10.1. The van der Waals surface area contributed by atoms with Crippen molar-refractivity contribution in [3.8, 4) is 17.2 Å². The standard InChI is InChI=1S/C20H15Cl2N7O/c1-12(26-20(30)13-9-15(21)27-16(22)10-13)17-18(24-8-7-23-17)19-25-11-29(28-19)14-5-3-2-4-6-14/h2-12H,1H3,(H,26,30). The number of rotatable bonds is 5. The van der Waals surface area contributed by atoms with Crippen LogP contribution in [-0.4, -0.2) is 35.6 Å². The molecule has 0 radical (unpaired) electrons. The van der Waals surface area contributed by atoms with E-state index < -0.39 is 6.04 Å². The number of pyridine rings is 1. The molecule has 0 aliphatic heterocycles. The van der Waals surface area contributed by atoms with Gasteiger partial charge in [-0.1, -0.05) is 41.4 Å². The van der Waals surface area contributed by atoms with E-state index in [1.165, 1.54) is 12.1 Å². The number of carbonyl (C=O) groups is 1. The Kier molecular flexibility index (Phi) is 5.69. The Morgan fingerprint density at radius 2 is 1.73 bits per heavy atom. The molecule has 30 heavy (non-hydrogen) atoms. The number of nitrogens with one attached hydrogen (secondary N) is 1. The number of nitrogens with zero attached hydrogens (tertiary/aromatic N) is 6. The van der Waals surface area contributed by atoms with Crippen molar-refractivity contribution in [2.45, 2.75) is 13.0 Å². The molecule has 4 aromatic rings. The van der Waals surface area contributed by atoms with Crippen molar-refractivity contribution in [1.82, 2.24) is 35.0 Å². The number of hydrogen-bond donors (Lipinski definition) is 1. The van der Waals surface area contributed by atoms with Crippen LogP contribution in [0.5, 0.6) is 0 Å². The summed E-state index contributed by atoms with van der Waals surface area (Å²) in [6.45, 7) is 1.80. The molecule has 0 fully saturated rings. The number of para-hydroxylation sites is 1. The van der Waals surface area contributed by atoms with Crippen LogP contribution in [0, 0.1) is 0 Å². The zero-order valence-electron chi connectivity index (χ0n) is 15.7. The van der Waals surface area contributed by atoms with Gasteiger partial charge < -0.3 is 5.32 Å². The molecule has 8 nitrogen and oxygen atoms in total. The third kappa shape index (κ3) is 4.29. The fraction of sp³-hybridized carbons (Fsp3) is 0.100. The maximum absolute atomic E-state index is 12.6. The SMILES string of the molecule is CC(NC(=O)c1cc(Cl)nc(Cl)c1)c1nccnc1-c1ncn(-c2ccccc2)n1. The van der Waals surface area contributed by atoms with Crippen LogP contribution in [0.2, 0.25) is 10.3 Å². The van der Waals surface area contributed by atoms with Gasteiger partial charge in [-0.25, -0.2) is 19.6 Å². The van der Waals surface area contributed by atoms with Crippen LogP contribution in [0.3, 0.4) is 0 Å². The van der Waals surface area contributed by atoms with Gasteiger partial charge in [0, 0.05) is 18.0 Å². The number of hydrogen-bond acceptors (Lipinski definition) is 6. The number of amides is 1. The lowest BCUT2D eigenvalue weighted by Crippen LogP contribution is -2.28. The first-order chi connectivity index (χ1) is 14.5. The second-order valence-corrected chi connectivity index (χ2v) is 7.11. The summed E-state index contributed by atoms with van der Waals surface area (Å²) < 4.78 is 1.65. The van der Waals surface area contributed by atoms with Crippen LogP contribution >= 0.6 is 23.2 Å². The van der Waals surface area contributed by atoms with E-state index in [9.17, 15) is 4.79 Å². The van der Waals surface area contributed by atoms with Crippen molar-refractivity contribution >= 4 is 29.1 Å². The van der Waals surface area contributed by atoms with Gasteiger partial charge in [0.05, 0.1) is 17.4 Å². The van der Waals surface area contributed by atoms with Gasteiger partial charge in [0.2, 0.25) is 5.82 Å². The van der Waals surface area contributed by atoms with E-state index in [0.717, 1.165) is 5.69 Å². The summed E-state index contributed by atoms with van der Waals surface area (Å²) in [7, 11) is 0. The number of carbonyl (C=O) groups excluding carboxylic acids is 1. The van der Waals surface area contributed by atoms with Crippen molar-refractivity contribution in [3.05, 3.63) is 82.7 Å². The van der Waals surface area contributed by atoms with Gasteiger partial charge in [-0.15, -0.1) is 5.10 Å². The van der Waals surface area contributed by atoms with E-state index in [1.54, 1.807) is 30.3 Å². The first kappa shape index (κ1) is 19.9. The average Bonchev–Trinajstić information content (AvgIpc) is 3.24. The van der Waals surface area contributed by atoms with E-state index in [1.807, 2.05) is 30.3 Å². The molecule has 0 saturated heterocycles. The van der Waals surface area contributed by atoms with Crippen LogP contribution in [0.1, 0.15) is 29.0 Å². The minimum Gasteiger partial charge on any atom is -0.344 e. The quantitative estimate of drug-likeness (QED) is 0.473. The van der Waals surface area contributed by atoms with Gasteiger partial charge >= 0.3 is 0 Å². The molecule has 0 bridgehead atoms. The zero-order valence-corrected chi connectivity index (χ0v) is 17.2. The lowest BCUT2D eigenvalue weighted by Gasteiger charge is -2.15. The summed E-state index contributed by atoms with van der Waals surface area (Å²) in [5, 5.41) is 7.64. The summed E-state index contributed by atoms with van der Waals surface area (Å²) >= 11 is 11.8. The Hall–Kier alpha value is -3.36. The lowest BCUT2D eigenvalue weighted by molar-refractivity contribution is 0.0939. The maximum atomic E-state index is 12.6. The molecule has 150 valence electrons. The highest BCUT2D eigenvalue weighted by Crippen LogP contribution is 2.23. The van der Waals surface area contributed by atoms with Gasteiger partial charge in [-0.3, -0.25) is 9.78 Å². The Morgan fingerprint density at radius 3 is 2.47 bits per heavy atom. The maximum Gasteiger partial charge on any atom is 0.252 e. The Bertz CT molecular complexity index is 1180. The molecule has 0 aliphatic carbocycles. The van der Waals surface area contributed by atoms with Gasteiger partial charge in [-0.2, -0.15) is 0 Å². The molecule has 1 atom stereocenters. The van der Waals surface area contributed by atoms with Gasteiger partial charge in [-0.05, 0) is 31.2 Å². The minimum absolute atomic E-state index is 0.135. The van der Waals surface area contributed by atoms with Crippen molar-refractivity contribution in [1.29, 1.82) is 0 Å². The van der Waals surface area contributed by atoms with E-state index in [2.05, 4.69) is 30.4 Å². The van der Waals surface area contributed by atoms with Crippen molar-refractivity contribution in [2.75, 3.05) is 0 Å². The molecule has 0 saturated carbocycles. The van der Waals surface area contributed by atoms with E-state index >= 15 is 0 Å². The molecule has 0 aliphatic rings. The van der Waals surface area contributed by atoms with E-state index in [4.69, 9.17) is 23.2 Å². The van der Waals surface area contributed by atoms with Crippen LogP contribution in [0.4, 0.5) is 0 Å². The molecule has 1 N–H and O–H groups in total. The zero-order chi connectivity index (χ0) is 21.1. The summed E-state index contributed by atoms with van der Waals surface area (Å²) in [4.78, 5) is 29.6. The number of benzene rings is 1. The van der Waals surface area contributed by atoms with Crippen molar-refractivity contribution in [3.63, 3.8) is 0 Å².